The largest absolute Gasteiger partial charge is 0.310 e. The van der Waals surface area contributed by atoms with Crippen LogP contribution in [0.5, 0.6) is 0 Å². The second-order valence-electron chi connectivity index (χ2n) is 5.19. The first-order valence-electron chi connectivity index (χ1n) is 7.46. The molecule has 2 nitrogen and oxygen atoms in total. The van der Waals surface area contributed by atoms with Gasteiger partial charge in [-0.3, -0.25) is 0 Å². The fourth-order valence-corrected chi connectivity index (χ4v) is 3.10. The Bertz CT molecular complexity index is 516. The Morgan fingerprint density at radius 2 is 1.95 bits per heavy atom. The minimum Gasteiger partial charge on any atom is -0.310 e. The van der Waals surface area contributed by atoms with E-state index in [0.717, 1.165) is 31.5 Å². The highest BCUT2D eigenvalue weighted by molar-refractivity contribution is 7.09. The summed E-state index contributed by atoms with van der Waals surface area (Å²) in [5.41, 5.74) is 3.89. The van der Waals surface area contributed by atoms with E-state index >= 15 is 0 Å². The third-order valence-electron chi connectivity index (χ3n) is 3.48. The van der Waals surface area contributed by atoms with E-state index in [1.54, 1.807) is 11.3 Å². The molecule has 0 spiro atoms. The van der Waals surface area contributed by atoms with Gasteiger partial charge in [-0.05, 0) is 37.4 Å². The third kappa shape index (κ3) is 4.15. The highest BCUT2D eigenvalue weighted by Gasteiger charge is 2.13. The van der Waals surface area contributed by atoms with E-state index in [0.29, 0.717) is 6.04 Å². The van der Waals surface area contributed by atoms with Crippen molar-refractivity contribution in [2.75, 3.05) is 6.54 Å². The first-order valence-corrected chi connectivity index (χ1v) is 8.34. The SMILES string of the molecule is CCCNC(Cc1nc(C)cs1)c1ccc(CC)cc1. The van der Waals surface area contributed by atoms with Gasteiger partial charge in [0.25, 0.3) is 0 Å². The monoisotopic (exact) mass is 288 g/mol. The molecule has 1 aromatic carbocycles. The molecule has 3 heteroatoms. The highest BCUT2D eigenvalue weighted by atomic mass is 32.1. The molecule has 0 aliphatic rings. The molecule has 2 aromatic rings. The number of nitrogens with zero attached hydrogens (tertiary/aromatic N) is 1. The summed E-state index contributed by atoms with van der Waals surface area (Å²) in [5, 5.41) is 7.00. The minimum absolute atomic E-state index is 0.367. The lowest BCUT2D eigenvalue weighted by Gasteiger charge is -2.18. The van der Waals surface area contributed by atoms with E-state index in [2.05, 4.69) is 60.7 Å². The maximum Gasteiger partial charge on any atom is 0.0947 e. The van der Waals surface area contributed by atoms with Crippen molar-refractivity contribution in [3.63, 3.8) is 0 Å². The zero-order valence-electron chi connectivity index (χ0n) is 12.6. The van der Waals surface area contributed by atoms with Gasteiger partial charge >= 0.3 is 0 Å². The molecule has 0 amide bonds. The number of aryl methyl sites for hydroxylation is 2. The van der Waals surface area contributed by atoms with Crippen molar-refractivity contribution in [2.45, 2.75) is 46.1 Å². The zero-order valence-corrected chi connectivity index (χ0v) is 13.5. The molecular formula is C17H24N2S. The summed E-state index contributed by atoms with van der Waals surface area (Å²) in [6, 6.07) is 9.36. The van der Waals surface area contributed by atoms with Crippen LogP contribution in [-0.2, 0) is 12.8 Å². The lowest BCUT2D eigenvalue weighted by atomic mass is 10.0. The van der Waals surface area contributed by atoms with Crippen LogP contribution >= 0.6 is 11.3 Å². The van der Waals surface area contributed by atoms with Crippen LogP contribution in [0.4, 0.5) is 0 Å². The fourth-order valence-electron chi connectivity index (χ4n) is 2.28. The molecule has 0 radical (unpaired) electrons. The molecule has 0 bridgehead atoms. The van der Waals surface area contributed by atoms with Gasteiger partial charge in [0.15, 0.2) is 0 Å². The fraction of sp³-hybridized carbons (Fsp3) is 0.471. The lowest BCUT2D eigenvalue weighted by molar-refractivity contribution is 0.528. The molecule has 0 saturated carbocycles. The topological polar surface area (TPSA) is 24.9 Å². The van der Waals surface area contributed by atoms with Gasteiger partial charge in [0.05, 0.1) is 5.01 Å². The van der Waals surface area contributed by atoms with Gasteiger partial charge in [-0.2, -0.15) is 0 Å². The second kappa shape index (κ2) is 7.55. The van der Waals surface area contributed by atoms with Crippen molar-refractivity contribution >= 4 is 11.3 Å². The molecule has 1 heterocycles. The van der Waals surface area contributed by atoms with Gasteiger partial charge in [-0.15, -0.1) is 11.3 Å². The maximum absolute atomic E-state index is 4.60. The van der Waals surface area contributed by atoms with Crippen LogP contribution in [-0.4, -0.2) is 11.5 Å². The molecule has 20 heavy (non-hydrogen) atoms. The Hall–Kier alpha value is -1.19. The van der Waals surface area contributed by atoms with Gasteiger partial charge in [0.1, 0.15) is 0 Å². The van der Waals surface area contributed by atoms with Crippen LogP contribution in [0.15, 0.2) is 29.6 Å². The smallest absolute Gasteiger partial charge is 0.0947 e. The van der Waals surface area contributed by atoms with Crippen molar-refractivity contribution < 1.29 is 0 Å². The van der Waals surface area contributed by atoms with Crippen molar-refractivity contribution in [1.82, 2.24) is 10.3 Å². The molecule has 1 N–H and O–H groups in total. The molecule has 108 valence electrons. The predicted octanol–water partition coefficient (Wildman–Crippen LogP) is 4.30. The molecule has 2 rings (SSSR count). The van der Waals surface area contributed by atoms with Crippen molar-refractivity contribution in [3.8, 4) is 0 Å². The minimum atomic E-state index is 0.367. The van der Waals surface area contributed by atoms with E-state index in [1.165, 1.54) is 16.1 Å². The van der Waals surface area contributed by atoms with Gasteiger partial charge in [-0.25, -0.2) is 4.98 Å². The standard InChI is InChI=1S/C17H24N2S/c1-4-10-18-16(11-17-19-13(3)12-20-17)15-8-6-14(5-2)7-9-15/h6-9,12,16,18H,4-5,10-11H2,1-3H3. The van der Waals surface area contributed by atoms with Gasteiger partial charge in [0.2, 0.25) is 0 Å². The Morgan fingerprint density at radius 1 is 1.20 bits per heavy atom. The first kappa shape index (κ1) is 15.2. The molecule has 0 fully saturated rings. The van der Waals surface area contributed by atoms with Gasteiger partial charge in [-0.1, -0.05) is 38.1 Å². The summed E-state index contributed by atoms with van der Waals surface area (Å²) >= 11 is 1.76. The Morgan fingerprint density at radius 3 is 2.50 bits per heavy atom. The van der Waals surface area contributed by atoms with Gasteiger partial charge < -0.3 is 5.32 Å². The Kier molecular flexibility index (Phi) is 5.74. The van der Waals surface area contributed by atoms with Crippen molar-refractivity contribution in [3.05, 3.63) is 51.5 Å². The van der Waals surface area contributed by atoms with Crippen LogP contribution in [0.25, 0.3) is 0 Å². The van der Waals surface area contributed by atoms with E-state index in [9.17, 15) is 0 Å². The van der Waals surface area contributed by atoms with Crippen molar-refractivity contribution in [1.29, 1.82) is 0 Å². The van der Waals surface area contributed by atoms with Crippen LogP contribution in [0.2, 0.25) is 0 Å². The van der Waals surface area contributed by atoms with E-state index in [4.69, 9.17) is 0 Å². The predicted molar refractivity (Wildman–Crippen MR) is 87.4 cm³/mol. The maximum atomic E-state index is 4.60. The molecular weight excluding hydrogens is 264 g/mol. The second-order valence-corrected chi connectivity index (χ2v) is 6.13. The number of hydrogen-bond acceptors (Lipinski definition) is 3. The van der Waals surface area contributed by atoms with Crippen molar-refractivity contribution in [2.24, 2.45) is 0 Å². The van der Waals surface area contributed by atoms with Crippen LogP contribution < -0.4 is 5.32 Å². The Labute approximate surface area is 126 Å². The average molecular weight is 288 g/mol. The lowest BCUT2D eigenvalue weighted by Crippen LogP contribution is -2.24. The molecule has 1 unspecified atom stereocenters. The molecule has 1 aromatic heterocycles. The van der Waals surface area contributed by atoms with E-state index in [-0.39, 0.29) is 0 Å². The molecule has 0 saturated heterocycles. The number of aromatic nitrogens is 1. The number of hydrogen-bond donors (Lipinski definition) is 1. The molecule has 1 atom stereocenters. The number of nitrogens with one attached hydrogen (secondary N) is 1. The first-order chi connectivity index (χ1) is 9.72. The van der Waals surface area contributed by atoms with Crippen LogP contribution in [0.1, 0.15) is 48.1 Å². The number of benzene rings is 1. The highest BCUT2D eigenvalue weighted by Crippen LogP contribution is 2.21. The summed E-state index contributed by atoms with van der Waals surface area (Å²) in [7, 11) is 0. The molecule has 0 aliphatic carbocycles. The number of thiazole rings is 1. The molecule has 0 aliphatic heterocycles. The average Bonchev–Trinajstić information content (AvgIpc) is 2.89. The summed E-state index contributed by atoms with van der Waals surface area (Å²) in [5.74, 6) is 0. The quantitative estimate of drug-likeness (QED) is 0.821. The Balaban J connectivity index is 2.12. The summed E-state index contributed by atoms with van der Waals surface area (Å²) in [6.07, 6.45) is 3.23. The summed E-state index contributed by atoms with van der Waals surface area (Å²) in [4.78, 5) is 4.60. The van der Waals surface area contributed by atoms with E-state index in [1.807, 2.05) is 0 Å². The summed E-state index contributed by atoms with van der Waals surface area (Å²) in [6.45, 7) is 7.51. The van der Waals surface area contributed by atoms with Gasteiger partial charge in [0, 0.05) is 23.5 Å². The summed E-state index contributed by atoms with van der Waals surface area (Å²) < 4.78 is 0. The number of rotatable bonds is 7. The normalized spacial score (nSPS) is 12.6. The van der Waals surface area contributed by atoms with Crippen LogP contribution in [0, 0.1) is 6.92 Å². The third-order valence-corrected chi connectivity index (χ3v) is 4.47. The van der Waals surface area contributed by atoms with Crippen LogP contribution in [0.3, 0.4) is 0 Å². The zero-order chi connectivity index (χ0) is 14.4. The van der Waals surface area contributed by atoms with E-state index < -0.39 is 0 Å².